The Hall–Kier alpha value is -4.97. The SMILES string of the molecule is F[B-](F)(F)F.c1ccc(-c2cc(-c3ccccc3)[n+](CC(c3ccccc3)c3ccccc3)c(-c3ccccc3)c2)cc1. The van der Waals surface area contributed by atoms with Crippen molar-refractivity contribution in [2.45, 2.75) is 12.5 Å². The Morgan fingerprint density at radius 3 is 1.07 bits per heavy atom. The van der Waals surface area contributed by atoms with Crippen molar-refractivity contribution < 1.29 is 21.8 Å². The van der Waals surface area contributed by atoms with E-state index in [2.05, 4.69) is 168 Å². The zero-order valence-electron chi connectivity index (χ0n) is 23.4. The number of hydrogen-bond acceptors (Lipinski definition) is 0. The van der Waals surface area contributed by atoms with E-state index in [0.717, 1.165) is 6.54 Å². The van der Waals surface area contributed by atoms with Gasteiger partial charge in [0.1, 0.15) is 0 Å². The fourth-order valence-corrected chi connectivity index (χ4v) is 5.27. The van der Waals surface area contributed by atoms with E-state index in [1.54, 1.807) is 0 Å². The molecule has 0 aliphatic heterocycles. The van der Waals surface area contributed by atoms with Crippen LogP contribution in [0.25, 0.3) is 33.6 Å². The van der Waals surface area contributed by atoms with E-state index in [9.17, 15) is 17.3 Å². The molecule has 0 spiro atoms. The molecule has 0 aliphatic rings. The lowest BCUT2D eigenvalue weighted by Crippen LogP contribution is -2.42. The molecule has 1 nitrogen and oxygen atoms in total. The molecule has 0 radical (unpaired) electrons. The van der Waals surface area contributed by atoms with Crippen LogP contribution in [0.2, 0.25) is 0 Å². The predicted octanol–water partition coefficient (Wildman–Crippen LogP) is 10.1. The molecule has 43 heavy (non-hydrogen) atoms. The minimum absolute atomic E-state index is 0.204. The van der Waals surface area contributed by atoms with Gasteiger partial charge in [0.2, 0.25) is 11.4 Å². The highest BCUT2D eigenvalue weighted by Gasteiger charge is 2.27. The van der Waals surface area contributed by atoms with Gasteiger partial charge in [-0.3, -0.25) is 0 Å². The zero-order chi connectivity index (χ0) is 30.1. The maximum absolute atomic E-state index is 9.75. The van der Waals surface area contributed by atoms with E-state index >= 15 is 0 Å². The van der Waals surface area contributed by atoms with E-state index in [4.69, 9.17) is 0 Å². The predicted molar refractivity (Wildman–Crippen MR) is 168 cm³/mol. The van der Waals surface area contributed by atoms with Gasteiger partial charge in [-0.15, -0.1) is 0 Å². The highest BCUT2D eigenvalue weighted by atomic mass is 19.5. The summed E-state index contributed by atoms with van der Waals surface area (Å²) in [5.41, 5.74) is 9.91. The third kappa shape index (κ3) is 8.07. The van der Waals surface area contributed by atoms with Gasteiger partial charge in [-0.25, -0.2) is 0 Å². The molecule has 0 N–H and O–H groups in total. The Morgan fingerprint density at radius 1 is 0.419 bits per heavy atom. The van der Waals surface area contributed by atoms with Gasteiger partial charge in [-0.05, 0) is 46.5 Å². The summed E-state index contributed by atoms with van der Waals surface area (Å²) in [6.07, 6.45) is 0. The second kappa shape index (κ2) is 13.8. The first-order chi connectivity index (χ1) is 20.9. The largest absolute Gasteiger partial charge is 0.673 e. The Kier molecular flexibility index (Phi) is 9.47. The average molecular weight is 575 g/mol. The summed E-state index contributed by atoms with van der Waals surface area (Å²) in [6.45, 7) is 0.817. The molecule has 0 atom stereocenters. The molecule has 0 saturated heterocycles. The van der Waals surface area contributed by atoms with E-state index < -0.39 is 7.25 Å². The summed E-state index contributed by atoms with van der Waals surface area (Å²) < 4.78 is 41.5. The van der Waals surface area contributed by atoms with Gasteiger partial charge in [0, 0.05) is 23.3 Å². The normalized spacial score (nSPS) is 11.1. The lowest BCUT2D eigenvalue weighted by atomic mass is 9.90. The number of rotatable bonds is 7. The molecule has 0 amide bonds. The van der Waals surface area contributed by atoms with Crippen molar-refractivity contribution in [1.82, 2.24) is 0 Å². The summed E-state index contributed by atoms with van der Waals surface area (Å²) in [5, 5.41) is 0. The first kappa shape index (κ1) is 29.5. The molecule has 1 heterocycles. The van der Waals surface area contributed by atoms with Crippen molar-refractivity contribution in [2.75, 3.05) is 0 Å². The molecule has 0 aliphatic carbocycles. The van der Waals surface area contributed by atoms with Crippen LogP contribution in [0, 0.1) is 0 Å². The monoisotopic (exact) mass is 575 g/mol. The van der Waals surface area contributed by atoms with Crippen molar-refractivity contribution in [2.24, 2.45) is 0 Å². The van der Waals surface area contributed by atoms with Gasteiger partial charge in [-0.2, -0.15) is 4.57 Å². The standard InChI is InChI=1S/C37H30N.BF4/c1-6-16-29(17-7-1)34-26-36(32-22-12-4-13-23-32)38(37(27-34)33-24-14-5-15-25-33)28-35(30-18-8-2-9-19-30)31-20-10-3-11-21-31;2-1(3,4)5/h1-27,35H,28H2;/q+1;-1. The van der Waals surface area contributed by atoms with Crippen LogP contribution in [0.3, 0.4) is 0 Å². The van der Waals surface area contributed by atoms with E-state index in [-0.39, 0.29) is 5.92 Å². The topological polar surface area (TPSA) is 3.88 Å². The smallest absolute Gasteiger partial charge is 0.418 e. The molecule has 0 unspecified atom stereocenters. The number of aromatic nitrogens is 1. The first-order valence-electron chi connectivity index (χ1n) is 14.1. The first-order valence-corrected chi connectivity index (χ1v) is 14.1. The van der Waals surface area contributed by atoms with Gasteiger partial charge in [0.05, 0.1) is 5.92 Å². The van der Waals surface area contributed by atoms with Gasteiger partial charge >= 0.3 is 7.25 Å². The second-order valence-electron chi connectivity index (χ2n) is 10.1. The van der Waals surface area contributed by atoms with Gasteiger partial charge in [-0.1, -0.05) is 127 Å². The second-order valence-corrected chi connectivity index (χ2v) is 10.1. The van der Waals surface area contributed by atoms with Crippen LogP contribution in [-0.2, 0) is 6.54 Å². The summed E-state index contributed by atoms with van der Waals surface area (Å²) in [6, 6.07) is 58.7. The van der Waals surface area contributed by atoms with E-state index in [1.165, 1.54) is 44.8 Å². The fourth-order valence-electron chi connectivity index (χ4n) is 5.27. The summed E-state index contributed by atoms with van der Waals surface area (Å²) >= 11 is 0. The number of hydrogen-bond donors (Lipinski definition) is 0. The fraction of sp³-hybridized carbons (Fsp3) is 0.0541. The van der Waals surface area contributed by atoms with Crippen LogP contribution in [0.15, 0.2) is 164 Å². The van der Waals surface area contributed by atoms with Crippen molar-refractivity contribution in [3.63, 3.8) is 0 Å². The number of benzene rings is 5. The van der Waals surface area contributed by atoms with Crippen LogP contribution in [0.5, 0.6) is 0 Å². The molecule has 0 bridgehead atoms. The average Bonchev–Trinajstić information content (AvgIpc) is 3.05. The maximum Gasteiger partial charge on any atom is 0.673 e. The van der Waals surface area contributed by atoms with Crippen LogP contribution in [0.1, 0.15) is 17.0 Å². The third-order valence-corrected chi connectivity index (χ3v) is 7.18. The highest BCUT2D eigenvalue weighted by molar-refractivity contribution is 6.50. The number of pyridine rings is 1. The zero-order valence-corrected chi connectivity index (χ0v) is 23.4. The number of halogens is 4. The van der Waals surface area contributed by atoms with Crippen LogP contribution < -0.4 is 4.57 Å². The molecular formula is C37H30BF4N. The highest BCUT2D eigenvalue weighted by Crippen LogP contribution is 2.32. The van der Waals surface area contributed by atoms with Crippen LogP contribution in [0.4, 0.5) is 17.3 Å². The Balaban J connectivity index is 0.000000682. The molecule has 214 valence electrons. The van der Waals surface area contributed by atoms with Crippen molar-refractivity contribution in [3.8, 4) is 33.6 Å². The molecule has 1 aromatic heterocycles. The number of nitrogens with zero attached hydrogens (tertiary/aromatic N) is 1. The molecule has 0 fully saturated rings. The summed E-state index contributed by atoms with van der Waals surface area (Å²) in [5.74, 6) is 0.204. The Bertz CT molecular complexity index is 1610. The minimum atomic E-state index is -6.00. The van der Waals surface area contributed by atoms with Crippen LogP contribution in [-0.4, -0.2) is 7.25 Å². The Labute approximate surface area is 249 Å². The van der Waals surface area contributed by atoms with Gasteiger partial charge in [0.25, 0.3) is 0 Å². The van der Waals surface area contributed by atoms with Crippen molar-refractivity contribution >= 4 is 7.25 Å². The lowest BCUT2D eigenvalue weighted by molar-refractivity contribution is -0.677. The third-order valence-electron chi connectivity index (χ3n) is 7.18. The molecule has 6 heteroatoms. The Morgan fingerprint density at radius 2 is 0.721 bits per heavy atom. The maximum atomic E-state index is 9.75. The van der Waals surface area contributed by atoms with Gasteiger partial charge in [0.15, 0.2) is 6.54 Å². The van der Waals surface area contributed by atoms with Crippen molar-refractivity contribution in [1.29, 1.82) is 0 Å². The minimum Gasteiger partial charge on any atom is -0.418 e. The quantitative estimate of drug-likeness (QED) is 0.101. The van der Waals surface area contributed by atoms with Crippen LogP contribution >= 0.6 is 0 Å². The molecule has 6 aromatic rings. The summed E-state index contributed by atoms with van der Waals surface area (Å²) in [7, 11) is -6.00. The van der Waals surface area contributed by atoms with E-state index in [0.29, 0.717) is 0 Å². The molecule has 6 rings (SSSR count). The van der Waals surface area contributed by atoms with Gasteiger partial charge < -0.3 is 17.3 Å². The van der Waals surface area contributed by atoms with Crippen molar-refractivity contribution in [3.05, 3.63) is 175 Å². The molecular weight excluding hydrogens is 545 g/mol. The molecule has 0 saturated carbocycles. The summed E-state index contributed by atoms with van der Waals surface area (Å²) in [4.78, 5) is 0. The van der Waals surface area contributed by atoms with E-state index in [1.807, 2.05) is 0 Å². The lowest BCUT2D eigenvalue weighted by Gasteiger charge is -2.19. The molecule has 5 aromatic carbocycles.